The van der Waals surface area contributed by atoms with Crippen LogP contribution in [0.3, 0.4) is 0 Å². The van der Waals surface area contributed by atoms with Gasteiger partial charge >= 0.3 is 0 Å². The van der Waals surface area contributed by atoms with E-state index in [1.807, 2.05) is 26.0 Å². The first-order valence-corrected chi connectivity index (χ1v) is 11.2. The van der Waals surface area contributed by atoms with Crippen LogP contribution in [0.1, 0.15) is 56.1 Å². The molecule has 0 spiro atoms. The van der Waals surface area contributed by atoms with Gasteiger partial charge in [0.05, 0.1) is 6.54 Å². The lowest BCUT2D eigenvalue weighted by atomic mass is 9.85. The Morgan fingerprint density at radius 3 is 3.00 bits per heavy atom. The highest BCUT2D eigenvalue weighted by Gasteiger charge is 2.30. The van der Waals surface area contributed by atoms with Gasteiger partial charge in [0.15, 0.2) is 11.8 Å². The fourth-order valence-corrected chi connectivity index (χ4v) is 4.33. The van der Waals surface area contributed by atoms with E-state index >= 15 is 0 Å². The van der Waals surface area contributed by atoms with E-state index in [0.717, 1.165) is 24.5 Å². The molecule has 2 heterocycles. The molecular formula is C22H33ClN6O2. The summed E-state index contributed by atoms with van der Waals surface area (Å²) in [5.41, 5.74) is 1.26. The molecule has 1 saturated heterocycles. The Hall–Kier alpha value is -2.16. The second-order valence-corrected chi connectivity index (χ2v) is 8.27. The van der Waals surface area contributed by atoms with E-state index in [9.17, 15) is 0 Å². The van der Waals surface area contributed by atoms with Gasteiger partial charge in [-0.2, -0.15) is 4.98 Å². The number of aliphatic imine (C=N–C) groups is 1. The van der Waals surface area contributed by atoms with E-state index in [-0.39, 0.29) is 6.10 Å². The number of nitrogens with one attached hydrogen (secondary N) is 2. The quantitative estimate of drug-likeness (QED) is 0.471. The maximum Gasteiger partial charge on any atom is 0.246 e. The topological polar surface area (TPSA) is 87.8 Å². The molecule has 8 nitrogen and oxygen atoms in total. The van der Waals surface area contributed by atoms with Crippen LogP contribution in [0.5, 0.6) is 0 Å². The average Bonchev–Trinajstić information content (AvgIpc) is 3.23. The number of hydrogen-bond acceptors (Lipinski definition) is 6. The van der Waals surface area contributed by atoms with Crippen LogP contribution in [0, 0.1) is 5.92 Å². The summed E-state index contributed by atoms with van der Waals surface area (Å²) in [6.07, 6.45) is 2.13. The first kappa shape index (κ1) is 23.5. The van der Waals surface area contributed by atoms with Gasteiger partial charge in [-0.1, -0.05) is 28.9 Å². The molecule has 2 aromatic rings. The largest absolute Gasteiger partial charge is 0.371 e. The second kappa shape index (κ2) is 11.5. The Morgan fingerprint density at radius 1 is 1.42 bits per heavy atom. The lowest BCUT2D eigenvalue weighted by Gasteiger charge is -2.40. The van der Waals surface area contributed by atoms with Gasteiger partial charge in [-0.05, 0) is 63.9 Å². The van der Waals surface area contributed by atoms with Crippen molar-refractivity contribution in [2.24, 2.45) is 10.9 Å². The lowest BCUT2D eigenvalue weighted by molar-refractivity contribution is 0.0683. The maximum absolute atomic E-state index is 6.26. The molecule has 0 amide bonds. The van der Waals surface area contributed by atoms with Gasteiger partial charge in [-0.15, -0.1) is 0 Å². The molecule has 1 aliphatic rings. The number of benzene rings is 1. The Labute approximate surface area is 189 Å². The first-order valence-electron chi connectivity index (χ1n) is 10.9. The molecular weight excluding hydrogens is 416 g/mol. The number of aromatic nitrogens is 2. The van der Waals surface area contributed by atoms with Gasteiger partial charge in [0, 0.05) is 31.3 Å². The fourth-order valence-electron chi connectivity index (χ4n) is 4.13. The fraction of sp³-hybridized carbons (Fsp3) is 0.591. The molecule has 1 aromatic carbocycles. The summed E-state index contributed by atoms with van der Waals surface area (Å²) < 4.78 is 10.8. The number of halogens is 1. The Morgan fingerprint density at radius 2 is 2.26 bits per heavy atom. The zero-order chi connectivity index (χ0) is 22.2. The van der Waals surface area contributed by atoms with Gasteiger partial charge in [-0.25, -0.2) is 0 Å². The average molecular weight is 449 g/mol. The number of nitrogens with zero attached hydrogens (tertiary/aromatic N) is 4. The van der Waals surface area contributed by atoms with Gasteiger partial charge < -0.3 is 19.9 Å². The van der Waals surface area contributed by atoms with Crippen LogP contribution in [0.2, 0.25) is 5.02 Å². The number of likely N-dealkylation sites (tertiary alicyclic amines) is 1. The molecule has 1 aliphatic heterocycles. The molecule has 1 aromatic heterocycles. The van der Waals surface area contributed by atoms with Gasteiger partial charge in [0.2, 0.25) is 5.89 Å². The van der Waals surface area contributed by atoms with Crippen molar-refractivity contribution in [2.75, 3.05) is 33.8 Å². The minimum atomic E-state index is -0.188. The monoisotopic (exact) mass is 448 g/mol. The predicted molar refractivity (Wildman–Crippen MR) is 122 cm³/mol. The molecule has 3 unspecified atom stereocenters. The minimum Gasteiger partial charge on any atom is -0.371 e. The third-order valence-corrected chi connectivity index (χ3v) is 5.86. The van der Waals surface area contributed by atoms with Crippen LogP contribution in [-0.2, 0) is 11.3 Å². The van der Waals surface area contributed by atoms with Gasteiger partial charge in [0.1, 0.15) is 6.10 Å². The molecule has 9 heteroatoms. The van der Waals surface area contributed by atoms with Crippen LogP contribution in [0.25, 0.3) is 0 Å². The normalized spacial score (nSPS) is 21.1. The summed E-state index contributed by atoms with van der Waals surface area (Å²) in [5.74, 6) is 2.20. The molecule has 0 saturated carbocycles. The van der Waals surface area contributed by atoms with Gasteiger partial charge in [0.25, 0.3) is 0 Å². The standard InChI is InChI=1S/C22H33ClN6O2/c1-5-30-15(2)21-27-19(31-28-21)14-26-22(24-3)25-13-17-9-7-11-29(4)20(17)16-8-6-10-18(23)12-16/h6,8,10,12,15,17,20H,5,7,9,11,13-14H2,1-4H3,(H2,24,25,26). The summed E-state index contributed by atoms with van der Waals surface area (Å²) in [6, 6.07) is 8.50. The molecule has 3 atom stereocenters. The van der Waals surface area contributed by atoms with Crippen LogP contribution in [0.15, 0.2) is 33.8 Å². The number of hydrogen-bond donors (Lipinski definition) is 2. The van der Waals surface area contributed by atoms with Crippen LogP contribution in [-0.4, -0.2) is 54.8 Å². The molecule has 2 N–H and O–H groups in total. The Balaban J connectivity index is 1.56. The molecule has 0 bridgehead atoms. The summed E-state index contributed by atoms with van der Waals surface area (Å²) in [4.78, 5) is 11.1. The van der Waals surface area contributed by atoms with Crippen LogP contribution < -0.4 is 10.6 Å². The lowest BCUT2D eigenvalue weighted by Crippen LogP contribution is -2.44. The van der Waals surface area contributed by atoms with Gasteiger partial charge in [-0.3, -0.25) is 9.89 Å². The molecule has 1 fully saturated rings. The van der Waals surface area contributed by atoms with Crippen molar-refractivity contribution in [2.45, 2.75) is 45.4 Å². The van der Waals surface area contributed by atoms with Crippen molar-refractivity contribution in [3.63, 3.8) is 0 Å². The van der Waals surface area contributed by atoms with Crippen molar-refractivity contribution >= 4 is 17.6 Å². The number of piperidine rings is 1. The minimum absolute atomic E-state index is 0.188. The zero-order valence-corrected chi connectivity index (χ0v) is 19.5. The van der Waals surface area contributed by atoms with Crippen LogP contribution >= 0.6 is 11.6 Å². The summed E-state index contributed by atoms with van der Waals surface area (Å²) in [5, 5.41) is 11.5. The molecule has 170 valence electrons. The highest BCUT2D eigenvalue weighted by Crippen LogP contribution is 2.35. The van der Waals surface area contributed by atoms with E-state index in [4.69, 9.17) is 20.9 Å². The number of rotatable bonds is 8. The van der Waals surface area contributed by atoms with Crippen molar-refractivity contribution in [3.05, 3.63) is 46.6 Å². The molecule has 0 aliphatic carbocycles. The van der Waals surface area contributed by atoms with E-state index in [0.29, 0.717) is 42.8 Å². The van der Waals surface area contributed by atoms with E-state index in [1.54, 1.807) is 7.05 Å². The van der Waals surface area contributed by atoms with E-state index in [2.05, 4.69) is 49.8 Å². The molecule has 0 radical (unpaired) electrons. The molecule has 31 heavy (non-hydrogen) atoms. The number of guanidine groups is 1. The summed E-state index contributed by atoms with van der Waals surface area (Å²) in [7, 11) is 3.94. The predicted octanol–water partition coefficient (Wildman–Crippen LogP) is 3.57. The van der Waals surface area contributed by atoms with E-state index < -0.39 is 0 Å². The third-order valence-electron chi connectivity index (χ3n) is 5.62. The highest BCUT2D eigenvalue weighted by atomic mass is 35.5. The van der Waals surface area contributed by atoms with E-state index in [1.165, 1.54) is 12.0 Å². The Kier molecular flexibility index (Phi) is 8.69. The summed E-state index contributed by atoms with van der Waals surface area (Å²) in [6.45, 7) is 6.73. The zero-order valence-electron chi connectivity index (χ0n) is 18.8. The maximum atomic E-state index is 6.26. The smallest absolute Gasteiger partial charge is 0.246 e. The highest BCUT2D eigenvalue weighted by molar-refractivity contribution is 6.30. The third kappa shape index (κ3) is 6.41. The van der Waals surface area contributed by atoms with Crippen LogP contribution in [0.4, 0.5) is 0 Å². The van der Waals surface area contributed by atoms with Crippen molar-refractivity contribution in [1.82, 2.24) is 25.7 Å². The Bertz CT molecular complexity index is 858. The van der Waals surface area contributed by atoms with Crippen molar-refractivity contribution in [3.8, 4) is 0 Å². The summed E-state index contributed by atoms with van der Waals surface area (Å²) >= 11 is 6.26. The second-order valence-electron chi connectivity index (χ2n) is 7.83. The van der Waals surface area contributed by atoms with Crippen molar-refractivity contribution < 1.29 is 9.26 Å². The number of ether oxygens (including phenoxy) is 1. The van der Waals surface area contributed by atoms with Crippen molar-refractivity contribution in [1.29, 1.82) is 0 Å². The molecule has 3 rings (SSSR count). The SMILES string of the molecule is CCOC(C)c1noc(CNC(=NC)NCC2CCCN(C)C2c2cccc(Cl)c2)n1. The first-order chi connectivity index (χ1) is 15.0.